The van der Waals surface area contributed by atoms with Crippen LogP contribution in [0.5, 0.6) is 0 Å². The molecule has 18 heavy (non-hydrogen) atoms. The highest BCUT2D eigenvalue weighted by Crippen LogP contribution is 2.42. The Morgan fingerprint density at radius 3 is 2.00 bits per heavy atom. The summed E-state index contributed by atoms with van der Waals surface area (Å²) in [7, 11) is -1.11. The minimum Gasteiger partial charge on any atom is -0.427 e. The first kappa shape index (κ1) is 18.0. The van der Waals surface area contributed by atoms with Crippen molar-refractivity contribution < 1.29 is 10.0 Å². The second-order valence-corrected chi connectivity index (χ2v) is 7.23. The van der Waals surface area contributed by atoms with Gasteiger partial charge >= 0.3 is 7.12 Å². The van der Waals surface area contributed by atoms with E-state index in [4.69, 9.17) is 10.0 Å². The molecular formula is C15H33BO2. The lowest BCUT2D eigenvalue weighted by Crippen LogP contribution is -2.29. The molecule has 1 saturated carbocycles. The van der Waals surface area contributed by atoms with Gasteiger partial charge in [-0.1, -0.05) is 54.4 Å². The third-order valence-corrected chi connectivity index (χ3v) is 4.30. The van der Waals surface area contributed by atoms with E-state index in [-0.39, 0.29) is 0 Å². The first-order valence-corrected chi connectivity index (χ1v) is 7.51. The second kappa shape index (κ2) is 8.21. The molecule has 0 aromatic carbocycles. The maximum Gasteiger partial charge on any atom is 0.451 e. The van der Waals surface area contributed by atoms with Crippen LogP contribution in [0.4, 0.5) is 0 Å². The molecule has 1 aliphatic rings. The SMILES string of the molecule is CC(C)CCB(O)O.C[C@H]1CC[C@H](C)C(C)(C)C1. The van der Waals surface area contributed by atoms with E-state index in [1.54, 1.807) is 0 Å². The van der Waals surface area contributed by atoms with Crippen LogP contribution in [0, 0.1) is 23.2 Å². The van der Waals surface area contributed by atoms with Gasteiger partial charge in [0.1, 0.15) is 0 Å². The molecule has 0 heterocycles. The lowest BCUT2D eigenvalue weighted by atomic mass is 9.66. The molecule has 0 bridgehead atoms. The fraction of sp³-hybridized carbons (Fsp3) is 1.00. The summed E-state index contributed by atoms with van der Waals surface area (Å²) in [5.41, 5.74) is 0.609. The minimum atomic E-state index is -1.11. The standard InChI is InChI=1S/C10H20.C5H13BO2/c1-8-5-6-9(2)10(3,4)7-8;1-5(2)3-4-6(7)8/h8-9H,5-7H2,1-4H3;5,7-8H,3-4H2,1-2H3/t8-,9-;/m0./s1. The molecule has 1 aliphatic carbocycles. The number of hydrogen-bond acceptors (Lipinski definition) is 2. The zero-order valence-corrected chi connectivity index (χ0v) is 13.2. The van der Waals surface area contributed by atoms with Gasteiger partial charge in [-0.2, -0.15) is 0 Å². The highest BCUT2D eigenvalue weighted by molar-refractivity contribution is 6.40. The first-order valence-electron chi connectivity index (χ1n) is 7.51. The van der Waals surface area contributed by atoms with Crippen LogP contribution >= 0.6 is 0 Å². The van der Waals surface area contributed by atoms with Crippen molar-refractivity contribution in [3.63, 3.8) is 0 Å². The molecule has 0 amide bonds. The van der Waals surface area contributed by atoms with Gasteiger partial charge in [-0.3, -0.25) is 0 Å². The molecule has 1 fully saturated rings. The Labute approximate surface area is 114 Å². The summed E-state index contributed by atoms with van der Waals surface area (Å²) in [5, 5.41) is 16.7. The van der Waals surface area contributed by atoms with Crippen LogP contribution in [0.25, 0.3) is 0 Å². The summed E-state index contributed by atoms with van der Waals surface area (Å²) >= 11 is 0. The van der Waals surface area contributed by atoms with E-state index in [9.17, 15) is 0 Å². The predicted octanol–water partition coefficient (Wildman–Crippen LogP) is 3.97. The highest BCUT2D eigenvalue weighted by Gasteiger charge is 2.31. The Morgan fingerprint density at radius 1 is 1.17 bits per heavy atom. The summed E-state index contributed by atoms with van der Waals surface area (Å²) in [6.07, 6.45) is 5.70. The Kier molecular flexibility index (Phi) is 8.21. The van der Waals surface area contributed by atoms with Crippen LogP contribution in [0.2, 0.25) is 6.32 Å². The summed E-state index contributed by atoms with van der Waals surface area (Å²) in [4.78, 5) is 0. The average Bonchev–Trinajstić information content (AvgIpc) is 2.21. The van der Waals surface area contributed by atoms with Crippen LogP contribution < -0.4 is 0 Å². The van der Waals surface area contributed by atoms with Crippen LogP contribution in [-0.2, 0) is 0 Å². The van der Waals surface area contributed by atoms with Crippen molar-refractivity contribution >= 4 is 7.12 Å². The Bertz CT molecular complexity index is 207. The maximum absolute atomic E-state index is 8.36. The molecule has 0 saturated heterocycles. The van der Waals surface area contributed by atoms with E-state index < -0.39 is 7.12 Å². The molecule has 0 unspecified atom stereocenters. The monoisotopic (exact) mass is 256 g/mol. The van der Waals surface area contributed by atoms with Crippen molar-refractivity contribution in [3.8, 4) is 0 Å². The summed E-state index contributed by atoms with van der Waals surface area (Å²) in [6, 6.07) is 0. The molecule has 2 atom stereocenters. The van der Waals surface area contributed by atoms with Gasteiger partial charge < -0.3 is 10.0 Å². The topological polar surface area (TPSA) is 40.5 Å². The van der Waals surface area contributed by atoms with Gasteiger partial charge in [0.25, 0.3) is 0 Å². The van der Waals surface area contributed by atoms with Gasteiger partial charge in [-0.05, 0) is 42.3 Å². The van der Waals surface area contributed by atoms with Crippen molar-refractivity contribution in [2.24, 2.45) is 23.2 Å². The predicted molar refractivity (Wildman–Crippen MR) is 80.4 cm³/mol. The van der Waals surface area contributed by atoms with E-state index in [0.717, 1.165) is 18.3 Å². The average molecular weight is 256 g/mol. The van der Waals surface area contributed by atoms with Gasteiger partial charge in [0, 0.05) is 0 Å². The fourth-order valence-corrected chi connectivity index (χ4v) is 2.61. The van der Waals surface area contributed by atoms with Crippen LogP contribution in [-0.4, -0.2) is 17.2 Å². The highest BCUT2D eigenvalue weighted by atomic mass is 16.4. The molecule has 0 spiro atoms. The molecular weight excluding hydrogens is 223 g/mol. The molecule has 0 radical (unpaired) electrons. The fourth-order valence-electron chi connectivity index (χ4n) is 2.61. The summed E-state index contributed by atoms with van der Waals surface area (Å²) in [5.74, 6) is 2.46. The van der Waals surface area contributed by atoms with E-state index in [2.05, 4.69) is 41.5 Å². The van der Waals surface area contributed by atoms with Gasteiger partial charge in [-0.25, -0.2) is 0 Å². The largest absolute Gasteiger partial charge is 0.451 e. The maximum atomic E-state index is 8.36. The zero-order valence-electron chi connectivity index (χ0n) is 13.2. The third kappa shape index (κ3) is 8.15. The van der Waals surface area contributed by atoms with Crippen molar-refractivity contribution in [2.75, 3.05) is 0 Å². The van der Waals surface area contributed by atoms with Crippen LogP contribution in [0.1, 0.15) is 67.2 Å². The number of rotatable bonds is 3. The Hall–Kier alpha value is -0.0151. The van der Waals surface area contributed by atoms with Crippen molar-refractivity contribution in [2.45, 2.75) is 73.5 Å². The molecule has 1 rings (SSSR count). The van der Waals surface area contributed by atoms with Crippen molar-refractivity contribution in [1.29, 1.82) is 0 Å². The van der Waals surface area contributed by atoms with Crippen LogP contribution in [0.3, 0.4) is 0 Å². The molecule has 0 aromatic heterocycles. The van der Waals surface area contributed by atoms with Crippen LogP contribution in [0.15, 0.2) is 0 Å². The minimum absolute atomic E-state index is 0.498. The summed E-state index contributed by atoms with van der Waals surface area (Å²) < 4.78 is 0. The quantitative estimate of drug-likeness (QED) is 0.750. The smallest absolute Gasteiger partial charge is 0.427 e. The second-order valence-electron chi connectivity index (χ2n) is 7.23. The van der Waals surface area contributed by atoms with Gasteiger partial charge in [0.05, 0.1) is 0 Å². The molecule has 108 valence electrons. The van der Waals surface area contributed by atoms with Crippen molar-refractivity contribution in [3.05, 3.63) is 0 Å². The third-order valence-electron chi connectivity index (χ3n) is 4.30. The van der Waals surface area contributed by atoms with E-state index in [0.29, 0.717) is 17.7 Å². The molecule has 0 aliphatic heterocycles. The van der Waals surface area contributed by atoms with E-state index in [1.807, 2.05) is 0 Å². The molecule has 2 N–H and O–H groups in total. The Balaban J connectivity index is 0.000000331. The summed E-state index contributed by atoms with van der Waals surface area (Å²) in [6.45, 7) is 13.7. The van der Waals surface area contributed by atoms with Gasteiger partial charge in [-0.15, -0.1) is 0 Å². The zero-order chi connectivity index (χ0) is 14.3. The van der Waals surface area contributed by atoms with Gasteiger partial charge in [0.2, 0.25) is 0 Å². The van der Waals surface area contributed by atoms with Gasteiger partial charge in [0.15, 0.2) is 0 Å². The molecule has 3 heteroatoms. The normalized spacial score (nSPS) is 26.5. The molecule has 2 nitrogen and oxygen atoms in total. The number of hydrogen-bond donors (Lipinski definition) is 2. The van der Waals surface area contributed by atoms with E-state index in [1.165, 1.54) is 19.3 Å². The lowest BCUT2D eigenvalue weighted by Gasteiger charge is -2.39. The molecule has 0 aromatic rings. The van der Waals surface area contributed by atoms with E-state index >= 15 is 0 Å². The van der Waals surface area contributed by atoms with Crippen molar-refractivity contribution in [1.82, 2.24) is 0 Å². The Morgan fingerprint density at radius 2 is 1.72 bits per heavy atom. The lowest BCUT2D eigenvalue weighted by molar-refractivity contribution is 0.115. The first-order chi connectivity index (χ1) is 8.15.